The van der Waals surface area contributed by atoms with Crippen LogP contribution in [0.15, 0.2) is 0 Å². The summed E-state index contributed by atoms with van der Waals surface area (Å²) < 4.78 is 36.7. The van der Waals surface area contributed by atoms with E-state index in [1.54, 1.807) is 6.92 Å². The molecular formula is C14H23F3N2O2. The maximum atomic E-state index is 12.5. The van der Waals surface area contributed by atoms with E-state index in [2.05, 4.69) is 5.32 Å². The average Bonchev–Trinajstić information content (AvgIpc) is 2.37. The fraction of sp³-hybridized carbons (Fsp3) is 0.857. The number of nitrogens with zero attached hydrogens (tertiary/aromatic N) is 1. The highest BCUT2D eigenvalue weighted by molar-refractivity contribution is 5.91. The SMILES string of the molecule is CC1CC(=O)NC(C(C)(C)C)C(=O)N1CCCC(F)(F)F. The lowest BCUT2D eigenvalue weighted by atomic mass is 9.86. The molecule has 2 unspecified atom stereocenters. The van der Waals surface area contributed by atoms with Gasteiger partial charge >= 0.3 is 6.18 Å². The summed E-state index contributed by atoms with van der Waals surface area (Å²) >= 11 is 0. The van der Waals surface area contributed by atoms with Crippen LogP contribution >= 0.6 is 0 Å². The van der Waals surface area contributed by atoms with Crippen LogP contribution in [0.5, 0.6) is 0 Å². The van der Waals surface area contributed by atoms with Crippen LogP contribution in [0.3, 0.4) is 0 Å². The lowest BCUT2D eigenvalue weighted by molar-refractivity contribution is -0.143. The largest absolute Gasteiger partial charge is 0.389 e. The molecule has 1 N–H and O–H groups in total. The fourth-order valence-corrected chi connectivity index (χ4v) is 2.41. The molecule has 0 radical (unpaired) electrons. The predicted octanol–water partition coefficient (Wildman–Crippen LogP) is 2.48. The van der Waals surface area contributed by atoms with Crippen LogP contribution in [-0.4, -0.2) is 41.5 Å². The van der Waals surface area contributed by atoms with Crippen LogP contribution in [-0.2, 0) is 9.59 Å². The first-order valence-electron chi connectivity index (χ1n) is 7.08. The topological polar surface area (TPSA) is 49.4 Å². The molecule has 0 aromatic rings. The molecule has 1 heterocycles. The van der Waals surface area contributed by atoms with Crippen molar-refractivity contribution in [3.63, 3.8) is 0 Å². The van der Waals surface area contributed by atoms with Gasteiger partial charge in [0.05, 0.1) is 0 Å². The predicted molar refractivity (Wildman–Crippen MR) is 72.5 cm³/mol. The van der Waals surface area contributed by atoms with E-state index in [9.17, 15) is 22.8 Å². The number of rotatable bonds is 3. The maximum absolute atomic E-state index is 12.5. The normalized spacial score (nSPS) is 24.8. The van der Waals surface area contributed by atoms with Gasteiger partial charge in [0.25, 0.3) is 0 Å². The molecule has 1 rings (SSSR count). The van der Waals surface area contributed by atoms with Crippen molar-refractivity contribution >= 4 is 11.8 Å². The third-order valence-corrected chi connectivity index (χ3v) is 3.57. The Morgan fingerprint density at radius 3 is 2.29 bits per heavy atom. The van der Waals surface area contributed by atoms with E-state index in [0.29, 0.717) is 0 Å². The Morgan fingerprint density at radius 2 is 1.81 bits per heavy atom. The third-order valence-electron chi connectivity index (χ3n) is 3.57. The number of amides is 2. The quantitative estimate of drug-likeness (QED) is 0.871. The lowest BCUT2D eigenvalue weighted by Crippen LogP contribution is -2.52. The van der Waals surface area contributed by atoms with Gasteiger partial charge in [-0.05, 0) is 18.8 Å². The fourth-order valence-electron chi connectivity index (χ4n) is 2.41. The van der Waals surface area contributed by atoms with E-state index in [1.165, 1.54) is 4.90 Å². The first-order valence-corrected chi connectivity index (χ1v) is 7.08. The minimum absolute atomic E-state index is 0.0149. The molecule has 0 aromatic carbocycles. The van der Waals surface area contributed by atoms with Gasteiger partial charge in [0.2, 0.25) is 11.8 Å². The summed E-state index contributed by atoms with van der Waals surface area (Å²) in [6.45, 7) is 7.16. The van der Waals surface area contributed by atoms with E-state index >= 15 is 0 Å². The van der Waals surface area contributed by atoms with Crippen molar-refractivity contribution in [1.82, 2.24) is 10.2 Å². The summed E-state index contributed by atoms with van der Waals surface area (Å²) in [5, 5.41) is 2.68. The van der Waals surface area contributed by atoms with Crippen molar-refractivity contribution in [3.05, 3.63) is 0 Å². The average molecular weight is 308 g/mol. The van der Waals surface area contributed by atoms with E-state index in [1.807, 2.05) is 20.8 Å². The molecule has 2 atom stereocenters. The number of nitrogens with one attached hydrogen (secondary N) is 1. The molecule has 0 aliphatic carbocycles. The number of hydrogen-bond acceptors (Lipinski definition) is 2. The molecule has 0 saturated carbocycles. The van der Waals surface area contributed by atoms with Gasteiger partial charge in [-0.3, -0.25) is 9.59 Å². The highest BCUT2D eigenvalue weighted by Crippen LogP contribution is 2.26. The molecule has 1 aliphatic rings. The van der Waals surface area contributed by atoms with Gasteiger partial charge in [0.15, 0.2) is 0 Å². The van der Waals surface area contributed by atoms with Crippen molar-refractivity contribution in [2.24, 2.45) is 5.41 Å². The first kappa shape index (κ1) is 17.8. The zero-order chi connectivity index (χ0) is 16.4. The van der Waals surface area contributed by atoms with Crippen LogP contribution in [0.25, 0.3) is 0 Å². The highest BCUT2D eigenvalue weighted by Gasteiger charge is 2.40. The van der Waals surface area contributed by atoms with Gasteiger partial charge in [-0.25, -0.2) is 0 Å². The molecule has 1 aliphatic heterocycles. The van der Waals surface area contributed by atoms with E-state index < -0.39 is 30.1 Å². The molecule has 122 valence electrons. The van der Waals surface area contributed by atoms with Crippen LogP contribution in [0.4, 0.5) is 13.2 Å². The van der Waals surface area contributed by atoms with E-state index in [-0.39, 0.29) is 31.2 Å². The molecule has 4 nitrogen and oxygen atoms in total. The van der Waals surface area contributed by atoms with Crippen molar-refractivity contribution < 1.29 is 22.8 Å². The van der Waals surface area contributed by atoms with Crippen LogP contribution in [0.1, 0.15) is 47.0 Å². The smallest absolute Gasteiger partial charge is 0.344 e. The van der Waals surface area contributed by atoms with Gasteiger partial charge < -0.3 is 10.2 Å². The minimum Gasteiger partial charge on any atom is -0.344 e. The van der Waals surface area contributed by atoms with Gasteiger partial charge in [0, 0.05) is 25.4 Å². The molecule has 2 amide bonds. The van der Waals surface area contributed by atoms with Crippen LogP contribution in [0, 0.1) is 5.41 Å². The van der Waals surface area contributed by atoms with Crippen molar-refractivity contribution in [2.45, 2.75) is 65.2 Å². The van der Waals surface area contributed by atoms with Crippen molar-refractivity contribution in [2.75, 3.05) is 6.54 Å². The summed E-state index contributed by atoms with van der Waals surface area (Å²) in [4.78, 5) is 25.7. The van der Waals surface area contributed by atoms with Crippen LogP contribution < -0.4 is 5.32 Å². The van der Waals surface area contributed by atoms with Crippen LogP contribution in [0.2, 0.25) is 0 Å². The van der Waals surface area contributed by atoms with E-state index in [4.69, 9.17) is 0 Å². The van der Waals surface area contributed by atoms with Gasteiger partial charge in [-0.15, -0.1) is 0 Å². The number of alkyl halides is 3. The summed E-state index contributed by atoms with van der Waals surface area (Å²) in [5.74, 6) is -0.544. The Morgan fingerprint density at radius 1 is 1.24 bits per heavy atom. The summed E-state index contributed by atoms with van der Waals surface area (Å²) in [6, 6.07) is -1.10. The zero-order valence-corrected chi connectivity index (χ0v) is 12.9. The zero-order valence-electron chi connectivity index (χ0n) is 12.9. The van der Waals surface area contributed by atoms with Gasteiger partial charge in [-0.1, -0.05) is 20.8 Å². The molecule has 7 heteroatoms. The molecule has 0 bridgehead atoms. The number of carbonyl (C=O) groups excluding carboxylic acids is 2. The molecule has 21 heavy (non-hydrogen) atoms. The highest BCUT2D eigenvalue weighted by atomic mass is 19.4. The second-order valence-electron chi connectivity index (χ2n) is 6.67. The number of carbonyl (C=O) groups is 2. The Balaban J connectivity index is 2.83. The second-order valence-corrected chi connectivity index (χ2v) is 6.67. The second kappa shape index (κ2) is 6.23. The molecular weight excluding hydrogens is 285 g/mol. The number of halogens is 3. The van der Waals surface area contributed by atoms with E-state index in [0.717, 1.165) is 0 Å². The van der Waals surface area contributed by atoms with Crippen molar-refractivity contribution in [1.29, 1.82) is 0 Å². The first-order chi connectivity index (χ1) is 9.42. The Labute approximate surface area is 123 Å². The van der Waals surface area contributed by atoms with Gasteiger partial charge in [0.1, 0.15) is 6.04 Å². The molecule has 1 saturated heterocycles. The molecule has 0 aromatic heterocycles. The molecule has 0 spiro atoms. The maximum Gasteiger partial charge on any atom is 0.389 e. The Kier molecular flexibility index (Phi) is 5.28. The lowest BCUT2D eigenvalue weighted by Gasteiger charge is -2.34. The monoisotopic (exact) mass is 308 g/mol. The standard InChI is InChI=1S/C14H23F3N2O2/c1-9-8-10(20)18-11(13(2,3)4)12(21)19(9)7-5-6-14(15,16)17/h9,11H,5-8H2,1-4H3,(H,18,20). The summed E-state index contributed by atoms with van der Waals surface area (Å²) in [6.07, 6.45) is -5.18. The Hall–Kier alpha value is -1.27. The molecule has 1 fully saturated rings. The van der Waals surface area contributed by atoms with Gasteiger partial charge in [-0.2, -0.15) is 13.2 Å². The third kappa shape index (κ3) is 5.21. The number of hydrogen-bond donors (Lipinski definition) is 1. The minimum atomic E-state index is -4.23. The summed E-state index contributed by atoms with van der Waals surface area (Å²) in [5.41, 5.74) is -0.487. The Bertz CT molecular complexity index is 402. The summed E-state index contributed by atoms with van der Waals surface area (Å²) in [7, 11) is 0. The van der Waals surface area contributed by atoms with Crippen molar-refractivity contribution in [3.8, 4) is 0 Å².